The number of Topliss-reactive ketones (excluding diaryl/α,β-unsaturated/α-hetero) is 1. The molecule has 4 aromatic rings. The monoisotopic (exact) mass is 1240 g/mol. The van der Waals surface area contributed by atoms with Crippen molar-refractivity contribution < 1.29 is 57.4 Å². The standard InChI is InChI=1S/C63H84F6N8O7S2/c1-3-15-51(70)21-13-39-83-60(49-19-11-31-72-45-49)27-35-74(36-28-60)57(43-53-23-5-7-33-76(53)85(79,80)55-25-9-17-47(41-55)62(64,65)66)59(78)58(44-54-24-6-8-34-77(54)86(81,82)56-26-10-18-48(42-56)63(67,68)69)75-37-29-61(30-38-75,50-20-12-32-73-46-50)84-40-14-22-52(71)16-4-2/h9-12,17-20,25-26,31-32,41-42,45-46,53-54,57-58,70-71H,3-8,13-16,21-24,27-30,33-40,43-44H2,1-2H3. The van der Waals surface area contributed by atoms with Crippen LogP contribution in [-0.4, -0.2) is 139 Å². The Bertz CT molecular complexity index is 2900. The van der Waals surface area contributed by atoms with Crippen molar-refractivity contribution in [2.45, 2.75) is 200 Å². The normalized spacial score (nSPS) is 21.2. The van der Waals surface area contributed by atoms with Gasteiger partial charge in [0, 0.05) is 112 Å². The number of ether oxygens (including phenoxy) is 2. The molecule has 4 unspecified atom stereocenters. The van der Waals surface area contributed by atoms with Crippen LogP contribution in [0.1, 0.15) is 165 Å². The first-order valence-corrected chi connectivity index (χ1v) is 33.5. The number of pyridine rings is 2. The van der Waals surface area contributed by atoms with Gasteiger partial charge in [-0.25, -0.2) is 16.8 Å². The number of likely N-dealkylation sites (tertiary alicyclic amines) is 2. The summed E-state index contributed by atoms with van der Waals surface area (Å²) in [5, 5.41) is 16.8. The van der Waals surface area contributed by atoms with E-state index in [1.165, 1.54) is 8.61 Å². The Morgan fingerprint density at radius 1 is 0.581 bits per heavy atom. The van der Waals surface area contributed by atoms with E-state index >= 15 is 4.79 Å². The summed E-state index contributed by atoms with van der Waals surface area (Å²) in [6.07, 6.45) is 6.71. The summed E-state index contributed by atoms with van der Waals surface area (Å²) in [6, 6.07) is 11.2. The molecule has 0 saturated carbocycles. The first kappa shape index (κ1) is 66.9. The van der Waals surface area contributed by atoms with Crippen molar-refractivity contribution in [3.05, 3.63) is 120 Å². The number of aromatic nitrogens is 2. The molecule has 0 bridgehead atoms. The second-order valence-electron chi connectivity index (χ2n) is 23.6. The van der Waals surface area contributed by atoms with Crippen LogP contribution in [-0.2, 0) is 57.9 Å². The molecule has 15 nitrogen and oxygen atoms in total. The van der Waals surface area contributed by atoms with Gasteiger partial charge in [-0.15, -0.1) is 0 Å². The number of carbonyl (C=O) groups excluding carboxylic acids is 1. The Balaban J connectivity index is 1.19. The third-order valence-corrected chi connectivity index (χ3v) is 21.8. The summed E-state index contributed by atoms with van der Waals surface area (Å²) in [6.45, 7) is 5.86. The zero-order valence-corrected chi connectivity index (χ0v) is 51.1. The fourth-order valence-electron chi connectivity index (χ4n) is 13.3. The number of hydrogen-bond acceptors (Lipinski definition) is 13. The van der Waals surface area contributed by atoms with E-state index in [4.69, 9.17) is 20.3 Å². The Kier molecular flexibility index (Phi) is 23.0. The van der Waals surface area contributed by atoms with Gasteiger partial charge in [0.15, 0.2) is 5.78 Å². The van der Waals surface area contributed by atoms with Crippen LogP contribution in [0.3, 0.4) is 0 Å². The molecule has 0 aliphatic carbocycles. The lowest BCUT2D eigenvalue weighted by Gasteiger charge is -2.49. The van der Waals surface area contributed by atoms with Gasteiger partial charge in [-0.1, -0.05) is 63.8 Å². The van der Waals surface area contributed by atoms with Crippen LogP contribution in [0, 0.1) is 10.8 Å². The average Bonchev–Trinajstić information content (AvgIpc) is 1.75. The highest BCUT2D eigenvalue weighted by Crippen LogP contribution is 2.43. The summed E-state index contributed by atoms with van der Waals surface area (Å²) in [5.74, 6) is -0.303. The van der Waals surface area contributed by atoms with E-state index in [9.17, 15) is 43.2 Å². The highest BCUT2D eigenvalue weighted by Gasteiger charge is 2.49. The molecular weight excluding hydrogens is 1160 g/mol. The van der Waals surface area contributed by atoms with Gasteiger partial charge in [0.1, 0.15) is 0 Å². The maximum Gasteiger partial charge on any atom is 0.416 e. The lowest BCUT2D eigenvalue weighted by molar-refractivity contribution is -0.140. The van der Waals surface area contributed by atoms with Crippen molar-refractivity contribution in [2.75, 3.05) is 52.5 Å². The molecular formula is C63H84F6N8O7S2. The fourth-order valence-corrected chi connectivity index (χ4v) is 16.8. The van der Waals surface area contributed by atoms with Crippen LogP contribution in [0.4, 0.5) is 26.3 Å². The van der Waals surface area contributed by atoms with Crippen LogP contribution < -0.4 is 0 Å². The van der Waals surface area contributed by atoms with Gasteiger partial charge in [0.05, 0.1) is 44.2 Å². The number of sulfonamides is 2. The largest absolute Gasteiger partial charge is 0.416 e. The Morgan fingerprint density at radius 3 is 1.33 bits per heavy atom. The summed E-state index contributed by atoms with van der Waals surface area (Å²) < 4.78 is 160. The number of piperidine rings is 4. The minimum atomic E-state index is -4.82. The molecule has 23 heteroatoms. The third-order valence-electron chi connectivity index (χ3n) is 17.9. The number of carbonyl (C=O) groups is 1. The van der Waals surface area contributed by atoms with Crippen LogP contribution >= 0.6 is 0 Å². The van der Waals surface area contributed by atoms with E-state index in [2.05, 4.69) is 19.8 Å². The molecule has 2 aromatic heterocycles. The summed E-state index contributed by atoms with van der Waals surface area (Å²) >= 11 is 0. The van der Waals surface area contributed by atoms with Gasteiger partial charge < -0.3 is 20.3 Å². The van der Waals surface area contributed by atoms with Gasteiger partial charge in [-0.05, 0) is 151 Å². The van der Waals surface area contributed by atoms with Crippen LogP contribution in [0.5, 0.6) is 0 Å². The quantitative estimate of drug-likeness (QED) is 0.0313. The topological polar surface area (TPSA) is 190 Å². The number of ketones is 1. The van der Waals surface area contributed by atoms with E-state index < -0.39 is 88.7 Å². The lowest BCUT2D eigenvalue weighted by atomic mass is 9.81. The number of nitrogens with one attached hydrogen (secondary N) is 2. The first-order valence-electron chi connectivity index (χ1n) is 30.6. The number of nitrogens with zero attached hydrogens (tertiary/aromatic N) is 6. The maximum absolute atomic E-state index is 16.7. The zero-order valence-electron chi connectivity index (χ0n) is 49.5. The Labute approximate surface area is 503 Å². The Morgan fingerprint density at radius 2 is 0.977 bits per heavy atom. The summed E-state index contributed by atoms with van der Waals surface area (Å²) in [5.41, 5.74) is -0.999. The lowest BCUT2D eigenvalue weighted by Crippen LogP contribution is -2.60. The number of halogens is 6. The maximum atomic E-state index is 16.7. The van der Waals surface area contributed by atoms with Gasteiger partial charge >= 0.3 is 12.4 Å². The number of hydrogen-bond donors (Lipinski definition) is 2. The van der Waals surface area contributed by atoms with Crippen LogP contribution in [0.15, 0.2) is 107 Å². The van der Waals surface area contributed by atoms with Gasteiger partial charge in [-0.3, -0.25) is 24.6 Å². The van der Waals surface area contributed by atoms with Gasteiger partial charge in [0.2, 0.25) is 20.0 Å². The molecule has 86 heavy (non-hydrogen) atoms. The van der Waals surface area contributed by atoms with E-state index in [0.717, 1.165) is 60.4 Å². The molecule has 472 valence electrons. The Hall–Kier alpha value is -5.01. The number of benzene rings is 2. The predicted molar refractivity (Wildman–Crippen MR) is 317 cm³/mol. The zero-order chi connectivity index (χ0) is 61.8. The average molecular weight is 1240 g/mol. The van der Waals surface area contributed by atoms with Crippen molar-refractivity contribution in [3.63, 3.8) is 0 Å². The van der Waals surface area contributed by atoms with E-state index in [0.29, 0.717) is 140 Å². The molecule has 2 N–H and O–H groups in total. The highest BCUT2D eigenvalue weighted by molar-refractivity contribution is 7.89. The van der Waals surface area contributed by atoms with Gasteiger partial charge in [-0.2, -0.15) is 35.0 Å². The minimum Gasteiger partial charge on any atom is -0.370 e. The minimum absolute atomic E-state index is 0.00597. The molecule has 6 heterocycles. The summed E-state index contributed by atoms with van der Waals surface area (Å²) in [7, 11) is -9.16. The molecule has 4 atom stereocenters. The van der Waals surface area contributed by atoms with Crippen molar-refractivity contribution in [2.24, 2.45) is 0 Å². The second kappa shape index (κ2) is 29.5. The fraction of sp³-hybridized carbons (Fsp3) is 0.603. The summed E-state index contributed by atoms with van der Waals surface area (Å²) in [4.78, 5) is 28.6. The van der Waals surface area contributed by atoms with Crippen molar-refractivity contribution >= 4 is 37.3 Å². The van der Waals surface area contributed by atoms with E-state index in [1.54, 1.807) is 24.8 Å². The van der Waals surface area contributed by atoms with Crippen molar-refractivity contribution in [1.82, 2.24) is 28.4 Å². The van der Waals surface area contributed by atoms with E-state index in [1.807, 2.05) is 38.1 Å². The molecule has 0 amide bonds. The molecule has 2 aromatic carbocycles. The SMILES string of the molecule is CCCC(=N)CCCOC1(c2cccnc2)CCN(C(CC2CCCCN2S(=O)(=O)c2cccc(C(F)(F)F)c2)C(=O)C(CC2CCCCN2S(=O)(=O)c2cccc(C(F)(F)F)c2)N2CCC(OCCCC(=N)CCC)(c3cccnc3)CC2)CC1. The number of alkyl halides is 6. The van der Waals surface area contributed by atoms with Crippen LogP contribution in [0.25, 0.3) is 0 Å². The molecule has 0 spiro atoms. The number of rotatable bonds is 28. The smallest absolute Gasteiger partial charge is 0.370 e. The van der Waals surface area contributed by atoms with Crippen molar-refractivity contribution in [3.8, 4) is 0 Å². The molecule has 4 aliphatic heterocycles. The third kappa shape index (κ3) is 16.4. The van der Waals surface area contributed by atoms with Gasteiger partial charge in [0.25, 0.3) is 0 Å². The highest BCUT2D eigenvalue weighted by atomic mass is 32.2. The van der Waals surface area contributed by atoms with E-state index in [-0.39, 0.29) is 57.9 Å². The predicted octanol–water partition coefficient (Wildman–Crippen LogP) is 12.6. The first-order chi connectivity index (χ1) is 41.0. The van der Waals surface area contributed by atoms with Crippen molar-refractivity contribution in [1.29, 1.82) is 10.8 Å². The molecule has 0 radical (unpaired) electrons. The molecule has 8 rings (SSSR count). The molecule has 4 saturated heterocycles. The van der Waals surface area contributed by atoms with Crippen LogP contribution in [0.2, 0.25) is 0 Å². The second-order valence-corrected chi connectivity index (χ2v) is 27.4. The molecule has 4 aliphatic rings. The molecule has 4 fully saturated rings.